The Balaban J connectivity index is 4.04. The van der Waals surface area contributed by atoms with Crippen molar-refractivity contribution in [1.29, 1.82) is 5.26 Å². The van der Waals surface area contributed by atoms with Gasteiger partial charge in [0.15, 0.2) is 8.32 Å². The Labute approximate surface area is 95.8 Å². The van der Waals surface area contributed by atoms with Crippen LogP contribution < -0.4 is 0 Å². The van der Waals surface area contributed by atoms with Gasteiger partial charge in [-0.3, -0.25) is 0 Å². The zero-order valence-corrected chi connectivity index (χ0v) is 11.9. The maximum atomic E-state index is 9.15. The fraction of sp³-hybridized carbons (Fsp3) is 0.917. The Hall–Kier alpha value is -0.333. The zero-order chi connectivity index (χ0) is 11.9. The molecule has 2 nitrogen and oxygen atoms in total. The van der Waals surface area contributed by atoms with Gasteiger partial charge in [0, 0.05) is 0 Å². The van der Waals surface area contributed by atoms with Crippen LogP contribution in [-0.2, 0) is 4.43 Å². The molecule has 0 bridgehead atoms. The van der Waals surface area contributed by atoms with E-state index in [2.05, 4.69) is 32.6 Å². The van der Waals surface area contributed by atoms with Gasteiger partial charge in [0.2, 0.25) is 0 Å². The van der Waals surface area contributed by atoms with E-state index in [0.717, 1.165) is 12.8 Å². The predicted octanol–water partition coefficient (Wildman–Crippen LogP) is 4.09. The summed E-state index contributed by atoms with van der Waals surface area (Å²) in [5.41, 5.74) is -0.557. The summed E-state index contributed by atoms with van der Waals surface area (Å²) in [7, 11) is -1.60. The molecule has 0 aromatic heterocycles. The molecule has 0 N–H and O–H groups in total. The van der Waals surface area contributed by atoms with Gasteiger partial charge in [-0.1, -0.05) is 26.2 Å². The highest BCUT2D eigenvalue weighted by Gasteiger charge is 2.30. The van der Waals surface area contributed by atoms with E-state index >= 15 is 0 Å². The van der Waals surface area contributed by atoms with E-state index in [1.165, 1.54) is 19.3 Å². The zero-order valence-electron chi connectivity index (χ0n) is 10.9. The van der Waals surface area contributed by atoms with Crippen LogP contribution in [0.2, 0.25) is 19.6 Å². The summed E-state index contributed by atoms with van der Waals surface area (Å²) in [6, 6.07) is 2.32. The topological polar surface area (TPSA) is 33.0 Å². The second kappa shape index (κ2) is 6.29. The lowest BCUT2D eigenvalue weighted by Crippen LogP contribution is -2.39. The van der Waals surface area contributed by atoms with Gasteiger partial charge in [-0.25, -0.2) is 0 Å². The lowest BCUT2D eigenvalue weighted by Gasteiger charge is -2.30. The van der Waals surface area contributed by atoms with Crippen LogP contribution in [0, 0.1) is 11.3 Å². The number of rotatable bonds is 7. The second-order valence-corrected chi connectivity index (χ2v) is 9.80. The van der Waals surface area contributed by atoms with Crippen molar-refractivity contribution in [2.45, 2.75) is 71.2 Å². The van der Waals surface area contributed by atoms with Crippen molar-refractivity contribution in [3.63, 3.8) is 0 Å². The Kier molecular flexibility index (Phi) is 6.15. The van der Waals surface area contributed by atoms with Gasteiger partial charge in [-0.2, -0.15) is 5.26 Å². The van der Waals surface area contributed by atoms with Gasteiger partial charge < -0.3 is 4.43 Å². The monoisotopic (exact) mass is 227 g/mol. The first kappa shape index (κ1) is 14.7. The van der Waals surface area contributed by atoms with E-state index in [9.17, 15) is 0 Å². The van der Waals surface area contributed by atoms with Crippen LogP contribution in [0.3, 0.4) is 0 Å². The highest BCUT2D eigenvalue weighted by Crippen LogP contribution is 2.23. The molecular weight excluding hydrogens is 202 g/mol. The molecule has 0 rings (SSSR count). The Morgan fingerprint density at radius 2 is 1.80 bits per heavy atom. The number of hydrogen-bond donors (Lipinski definition) is 0. The van der Waals surface area contributed by atoms with Crippen LogP contribution in [-0.4, -0.2) is 13.9 Å². The molecule has 0 aromatic rings. The molecule has 3 heteroatoms. The van der Waals surface area contributed by atoms with Gasteiger partial charge in [-0.05, 0) is 39.4 Å². The van der Waals surface area contributed by atoms with Crippen LogP contribution in [0.15, 0.2) is 0 Å². The first-order valence-corrected chi connectivity index (χ1v) is 9.35. The molecule has 0 saturated heterocycles. The largest absolute Gasteiger partial charge is 0.400 e. The minimum Gasteiger partial charge on any atom is -0.400 e. The molecule has 15 heavy (non-hydrogen) atoms. The van der Waals surface area contributed by atoms with Crippen molar-refractivity contribution in [2.24, 2.45) is 0 Å². The molecule has 0 aliphatic heterocycles. The van der Waals surface area contributed by atoms with E-state index in [1.807, 2.05) is 6.92 Å². The van der Waals surface area contributed by atoms with E-state index in [4.69, 9.17) is 9.69 Å². The van der Waals surface area contributed by atoms with Gasteiger partial charge >= 0.3 is 0 Å². The fourth-order valence-electron chi connectivity index (χ4n) is 1.69. The average molecular weight is 227 g/mol. The molecule has 1 atom stereocenters. The molecule has 0 aromatic carbocycles. The standard InChI is InChI=1S/C12H25NOSi/c1-6-7-8-9-10-12(2,11-13)14-15(3,4)5/h6-10H2,1-5H3. The molecule has 0 fully saturated rings. The summed E-state index contributed by atoms with van der Waals surface area (Å²) in [5, 5.41) is 9.15. The van der Waals surface area contributed by atoms with Crippen LogP contribution in [0.1, 0.15) is 46.0 Å². The number of hydrogen-bond acceptors (Lipinski definition) is 2. The van der Waals surface area contributed by atoms with Gasteiger partial charge in [-0.15, -0.1) is 0 Å². The summed E-state index contributed by atoms with van der Waals surface area (Å²) in [6.07, 6.45) is 5.67. The molecule has 0 spiro atoms. The number of nitriles is 1. The van der Waals surface area contributed by atoms with E-state index in [1.54, 1.807) is 0 Å². The summed E-state index contributed by atoms with van der Waals surface area (Å²) in [6.45, 7) is 10.5. The van der Waals surface area contributed by atoms with Crippen LogP contribution in [0.5, 0.6) is 0 Å². The van der Waals surface area contributed by atoms with Crippen LogP contribution >= 0.6 is 0 Å². The molecule has 0 saturated carbocycles. The average Bonchev–Trinajstić information content (AvgIpc) is 2.10. The van der Waals surface area contributed by atoms with Crippen molar-refractivity contribution in [2.75, 3.05) is 0 Å². The molecule has 0 amide bonds. The Morgan fingerprint density at radius 1 is 1.20 bits per heavy atom. The Morgan fingerprint density at radius 3 is 2.20 bits per heavy atom. The molecule has 0 heterocycles. The summed E-state index contributed by atoms with van der Waals surface area (Å²) in [5.74, 6) is 0. The smallest absolute Gasteiger partial charge is 0.185 e. The Bertz CT molecular complexity index is 217. The molecule has 88 valence electrons. The van der Waals surface area contributed by atoms with Crippen molar-refractivity contribution < 1.29 is 4.43 Å². The van der Waals surface area contributed by atoms with Gasteiger partial charge in [0.05, 0.1) is 6.07 Å². The molecule has 1 unspecified atom stereocenters. The number of unbranched alkanes of at least 4 members (excludes halogenated alkanes) is 3. The third-order valence-electron chi connectivity index (χ3n) is 2.28. The van der Waals surface area contributed by atoms with Crippen molar-refractivity contribution in [3.05, 3.63) is 0 Å². The van der Waals surface area contributed by atoms with Crippen LogP contribution in [0.25, 0.3) is 0 Å². The first-order chi connectivity index (χ1) is 6.83. The van der Waals surface area contributed by atoms with Gasteiger partial charge in [0.1, 0.15) is 5.60 Å². The van der Waals surface area contributed by atoms with Crippen molar-refractivity contribution in [3.8, 4) is 6.07 Å². The number of nitrogens with zero attached hydrogens (tertiary/aromatic N) is 1. The molecule has 0 aliphatic rings. The molecular formula is C12H25NOSi. The highest BCUT2D eigenvalue weighted by atomic mass is 28.4. The minimum absolute atomic E-state index is 0.557. The van der Waals surface area contributed by atoms with Gasteiger partial charge in [0.25, 0.3) is 0 Å². The highest BCUT2D eigenvalue weighted by molar-refractivity contribution is 6.69. The first-order valence-electron chi connectivity index (χ1n) is 5.94. The third kappa shape index (κ3) is 7.58. The maximum Gasteiger partial charge on any atom is 0.185 e. The molecule has 0 radical (unpaired) electrons. The van der Waals surface area contributed by atoms with Crippen molar-refractivity contribution >= 4 is 8.32 Å². The predicted molar refractivity (Wildman–Crippen MR) is 67.2 cm³/mol. The van der Waals surface area contributed by atoms with Crippen LogP contribution in [0.4, 0.5) is 0 Å². The summed E-state index contributed by atoms with van der Waals surface area (Å²) < 4.78 is 5.93. The fourth-order valence-corrected chi connectivity index (χ4v) is 3.19. The SMILES string of the molecule is CCCCCCC(C)(C#N)O[Si](C)(C)C. The summed E-state index contributed by atoms with van der Waals surface area (Å²) >= 11 is 0. The van der Waals surface area contributed by atoms with E-state index in [-0.39, 0.29) is 0 Å². The van der Waals surface area contributed by atoms with E-state index in [0.29, 0.717) is 0 Å². The lowest BCUT2D eigenvalue weighted by atomic mass is 10.00. The maximum absolute atomic E-state index is 9.15. The quantitative estimate of drug-likeness (QED) is 0.485. The third-order valence-corrected chi connectivity index (χ3v) is 3.34. The van der Waals surface area contributed by atoms with E-state index < -0.39 is 13.9 Å². The van der Waals surface area contributed by atoms with Crippen molar-refractivity contribution in [1.82, 2.24) is 0 Å². The summed E-state index contributed by atoms with van der Waals surface area (Å²) in [4.78, 5) is 0. The second-order valence-electron chi connectivity index (χ2n) is 5.37. The minimum atomic E-state index is -1.60. The lowest BCUT2D eigenvalue weighted by molar-refractivity contribution is 0.126. The normalized spacial score (nSPS) is 15.7. The molecule has 0 aliphatic carbocycles.